The first-order chi connectivity index (χ1) is 17.2. The molecule has 1 aromatic carbocycles. The topological polar surface area (TPSA) is 180 Å². The van der Waals surface area contributed by atoms with Crippen molar-refractivity contribution >= 4 is 17.8 Å². The summed E-state index contributed by atoms with van der Waals surface area (Å²) >= 11 is 0. The maximum atomic E-state index is 11.7. The maximum absolute atomic E-state index is 11.7. The van der Waals surface area contributed by atoms with Crippen LogP contribution in [0.5, 0.6) is 5.75 Å². The fourth-order valence-corrected chi connectivity index (χ4v) is 5.78. The van der Waals surface area contributed by atoms with Gasteiger partial charge in [0, 0.05) is 32.3 Å². The van der Waals surface area contributed by atoms with Crippen molar-refractivity contribution in [2.75, 3.05) is 26.3 Å². The molecule has 36 heavy (non-hydrogen) atoms. The van der Waals surface area contributed by atoms with Crippen molar-refractivity contribution in [3.63, 3.8) is 0 Å². The van der Waals surface area contributed by atoms with Crippen LogP contribution in [-0.2, 0) is 20.7 Å². The number of piperidine rings is 1. The normalized spacial score (nSPS) is 28.9. The number of aliphatic hydroxyl groups excluding tert-OH is 2. The van der Waals surface area contributed by atoms with Gasteiger partial charge in [0.1, 0.15) is 5.75 Å². The second-order valence-electron chi connectivity index (χ2n) is 10.0. The Bertz CT molecular complexity index is 950. The third kappa shape index (κ3) is 5.80. The standard InChI is InChI=1S/C21H28N2O3.C4H6O6/c22-21(24)16-3-1-2-13-4-5-15(26-20(13)16)10-17-18-11-23(12-19(17)18)14-6-8-25-9-7-14;5-1(3(7)8)2(6)4(9)10/h1-3,14-15,17-19H,4-12H2,(H2,22,24);1-2,5-6H,(H,7,8)(H,9,10)/t;1-,2-/m.1/s1. The van der Waals surface area contributed by atoms with Crippen molar-refractivity contribution in [2.24, 2.45) is 23.5 Å². The molecule has 1 amide bonds. The predicted octanol–water partition coefficient (Wildman–Crippen LogP) is 0.103. The number of rotatable bonds is 7. The Hall–Kier alpha value is -2.73. The number of aryl methyl sites for hydroxylation is 1. The van der Waals surface area contributed by atoms with E-state index in [1.165, 1.54) is 25.9 Å². The van der Waals surface area contributed by atoms with Gasteiger partial charge in [-0.3, -0.25) is 9.69 Å². The van der Waals surface area contributed by atoms with Gasteiger partial charge in [0.05, 0.1) is 11.7 Å². The Kier molecular flexibility index (Phi) is 8.13. The Balaban J connectivity index is 0.000000261. The molecule has 3 aliphatic heterocycles. The Morgan fingerprint density at radius 3 is 2.17 bits per heavy atom. The van der Waals surface area contributed by atoms with Crippen LogP contribution in [0.4, 0.5) is 0 Å². The van der Waals surface area contributed by atoms with Crippen LogP contribution in [0.2, 0.25) is 0 Å². The third-order valence-corrected chi connectivity index (χ3v) is 7.83. The summed E-state index contributed by atoms with van der Waals surface area (Å²) in [4.78, 5) is 33.9. The van der Waals surface area contributed by atoms with Gasteiger partial charge in [0.2, 0.25) is 0 Å². The van der Waals surface area contributed by atoms with E-state index < -0.39 is 30.1 Å². The van der Waals surface area contributed by atoms with Crippen LogP contribution >= 0.6 is 0 Å². The van der Waals surface area contributed by atoms with E-state index >= 15 is 0 Å². The van der Waals surface area contributed by atoms with Gasteiger partial charge in [-0.1, -0.05) is 12.1 Å². The number of aliphatic carboxylic acids is 2. The number of hydrogen-bond donors (Lipinski definition) is 5. The lowest BCUT2D eigenvalue weighted by Crippen LogP contribution is -2.39. The number of primary amides is 1. The summed E-state index contributed by atoms with van der Waals surface area (Å²) in [7, 11) is 0. The third-order valence-electron chi connectivity index (χ3n) is 7.83. The van der Waals surface area contributed by atoms with E-state index in [4.69, 9.17) is 35.6 Å². The van der Waals surface area contributed by atoms with Crippen LogP contribution in [0, 0.1) is 17.8 Å². The number of ether oxygens (including phenoxy) is 2. The zero-order chi connectivity index (χ0) is 26.0. The highest BCUT2D eigenvalue weighted by molar-refractivity contribution is 5.96. The second-order valence-corrected chi connectivity index (χ2v) is 10.0. The largest absolute Gasteiger partial charge is 0.489 e. The fourth-order valence-electron chi connectivity index (χ4n) is 5.78. The van der Waals surface area contributed by atoms with Crippen molar-refractivity contribution in [3.05, 3.63) is 29.3 Å². The number of carbonyl (C=O) groups is 3. The number of carboxylic acids is 2. The first-order valence-electron chi connectivity index (χ1n) is 12.4. The summed E-state index contributed by atoms with van der Waals surface area (Å²) in [6, 6.07) is 6.48. The van der Waals surface area contributed by atoms with Crippen molar-refractivity contribution < 1.29 is 44.3 Å². The van der Waals surface area contributed by atoms with Gasteiger partial charge >= 0.3 is 11.9 Å². The van der Waals surface area contributed by atoms with E-state index in [0.717, 1.165) is 67.6 Å². The van der Waals surface area contributed by atoms with Crippen LogP contribution < -0.4 is 10.5 Å². The number of nitrogens with two attached hydrogens (primary N) is 1. The number of carboxylic acid groups (broad SMARTS) is 2. The number of hydrogen-bond acceptors (Lipinski definition) is 8. The lowest BCUT2D eigenvalue weighted by atomic mass is 9.95. The molecule has 0 radical (unpaired) electrons. The minimum absolute atomic E-state index is 0.232. The van der Waals surface area contributed by atoms with Gasteiger partial charge in [0.25, 0.3) is 5.91 Å². The maximum Gasteiger partial charge on any atom is 0.335 e. The molecule has 4 aliphatic rings. The molecule has 2 saturated heterocycles. The molecular weight excluding hydrogens is 472 g/mol. The monoisotopic (exact) mass is 506 g/mol. The quantitative estimate of drug-likeness (QED) is 0.340. The van der Waals surface area contributed by atoms with Crippen LogP contribution in [0.15, 0.2) is 18.2 Å². The fraction of sp³-hybridized carbons (Fsp3) is 0.640. The second kappa shape index (κ2) is 11.1. The van der Waals surface area contributed by atoms with Gasteiger partial charge in [0.15, 0.2) is 12.2 Å². The number of likely N-dealkylation sites (tertiary alicyclic amines) is 1. The van der Waals surface area contributed by atoms with Crippen molar-refractivity contribution in [1.82, 2.24) is 4.90 Å². The Labute approximate surface area is 208 Å². The number of para-hydroxylation sites is 1. The molecule has 198 valence electrons. The minimum atomic E-state index is -2.27. The van der Waals surface area contributed by atoms with Crippen LogP contribution in [0.25, 0.3) is 0 Å². The van der Waals surface area contributed by atoms with Crippen LogP contribution in [-0.4, -0.2) is 93.8 Å². The molecule has 1 saturated carbocycles. The smallest absolute Gasteiger partial charge is 0.335 e. The van der Waals surface area contributed by atoms with E-state index in [0.29, 0.717) is 5.56 Å². The summed E-state index contributed by atoms with van der Waals surface area (Å²) in [6.07, 6.45) is 1.26. The summed E-state index contributed by atoms with van der Waals surface area (Å²) in [5.74, 6) is -0.671. The molecule has 3 heterocycles. The number of nitrogens with zero attached hydrogens (tertiary/aromatic N) is 1. The van der Waals surface area contributed by atoms with Gasteiger partial charge in [-0.05, 0) is 61.5 Å². The van der Waals surface area contributed by atoms with Gasteiger partial charge < -0.3 is 35.6 Å². The summed E-state index contributed by atoms with van der Waals surface area (Å²) in [5.41, 5.74) is 7.18. The van der Waals surface area contributed by atoms with E-state index in [1.807, 2.05) is 6.07 Å². The van der Waals surface area contributed by atoms with Crippen molar-refractivity contribution in [2.45, 2.75) is 56.5 Å². The average Bonchev–Trinajstić information content (AvgIpc) is 3.29. The Morgan fingerprint density at radius 2 is 1.61 bits per heavy atom. The lowest BCUT2D eigenvalue weighted by molar-refractivity contribution is -0.165. The molecule has 5 rings (SSSR count). The molecule has 5 atom stereocenters. The summed E-state index contributed by atoms with van der Waals surface area (Å²) in [5, 5.41) is 32.5. The molecular formula is C25H34N2O9. The van der Waals surface area contributed by atoms with Gasteiger partial charge in [-0.25, -0.2) is 9.59 Å². The number of fused-ring (bicyclic) bond motifs is 2. The first kappa shape index (κ1) is 26.3. The molecule has 11 heteroatoms. The zero-order valence-electron chi connectivity index (χ0n) is 20.0. The van der Waals surface area contributed by atoms with Crippen molar-refractivity contribution in [3.8, 4) is 5.75 Å². The highest BCUT2D eigenvalue weighted by Crippen LogP contribution is 2.55. The molecule has 0 aromatic heterocycles. The molecule has 3 fully saturated rings. The number of carbonyl (C=O) groups excluding carboxylic acids is 1. The number of benzene rings is 1. The summed E-state index contributed by atoms with van der Waals surface area (Å²) in [6.45, 7) is 4.38. The molecule has 0 spiro atoms. The van der Waals surface area contributed by atoms with Crippen molar-refractivity contribution in [1.29, 1.82) is 0 Å². The van der Waals surface area contributed by atoms with E-state index in [-0.39, 0.29) is 6.10 Å². The lowest BCUT2D eigenvalue weighted by Gasteiger charge is -2.33. The summed E-state index contributed by atoms with van der Waals surface area (Å²) < 4.78 is 11.8. The molecule has 1 aliphatic carbocycles. The molecule has 3 unspecified atom stereocenters. The average molecular weight is 507 g/mol. The highest BCUT2D eigenvalue weighted by atomic mass is 16.5. The van der Waals surface area contributed by atoms with Crippen LogP contribution in [0.1, 0.15) is 41.6 Å². The minimum Gasteiger partial charge on any atom is -0.489 e. The SMILES string of the molecule is NC(=O)c1cccc2c1OC(CC1C3CN(C4CCOCC4)CC13)CC2.O=C(O)[C@H](O)[C@@H](O)C(=O)O. The van der Waals surface area contributed by atoms with Gasteiger partial charge in [-0.2, -0.15) is 0 Å². The first-order valence-corrected chi connectivity index (χ1v) is 12.4. The van der Waals surface area contributed by atoms with Gasteiger partial charge in [-0.15, -0.1) is 0 Å². The van der Waals surface area contributed by atoms with E-state index in [1.54, 1.807) is 6.07 Å². The molecule has 1 aromatic rings. The van der Waals surface area contributed by atoms with E-state index in [2.05, 4.69) is 11.0 Å². The molecule has 0 bridgehead atoms. The molecule has 6 N–H and O–H groups in total. The van der Waals surface area contributed by atoms with E-state index in [9.17, 15) is 14.4 Å². The number of aliphatic hydroxyl groups is 2. The van der Waals surface area contributed by atoms with Crippen LogP contribution in [0.3, 0.4) is 0 Å². The predicted molar refractivity (Wildman–Crippen MR) is 125 cm³/mol. The highest BCUT2D eigenvalue weighted by Gasteiger charge is 2.56. The Morgan fingerprint density at radius 1 is 1.00 bits per heavy atom. The molecule has 11 nitrogen and oxygen atoms in total. The number of amides is 1. The zero-order valence-corrected chi connectivity index (χ0v) is 20.0.